The van der Waals surface area contributed by atoms with E-state index in [1.165, 1.54) is 44.5 Å². The van der Waals surface area contributed by atoms with Gasteiger partial charge in [-0.1, -0.05) is 6.08 Å². The standard InChI is InChI=1S/C27H30N4O2/c28-16-20-14-23-25(15-27(20)32-17-18-7-11-31(12-8-18)21-1-2-21)30-10-6-26(23)33-22-3-4-24-19(13-22)5-9-29-24/h3-5,9-10,14-15,18-19,21,26,29H,1-2,6-8,11-13,17H2. The zero-order valence-corrected chi connectivity index (χ0v) is 18.9. The first-order valence-electron chi connectivity index (χ1n) is 12.2. The Kier molecular flexibility index (Phi) is 5.43. The van der Waals surface area contributed by atoms with E-state index in [1.807, 2.05) is 24.5 Å². The number of nitrogens with one attached hydrogen (secondary N) is 1. The Hall–Kier alpha value is -3.04. The van der Waals surface area contributed by atoms with E-state index in [9.17, 15) is 5.26 Å². The summed E-state index contributed by atoms with van der Waals surface area (Å²) in [5, 5.41) is 13.1. The molecule has 1 aromatic carbocycles. The zero-order chi connectivity index (χ0) is 22.2. The minimum Gasteiger partial charge on any atom is -0.492 e. The number of ether oxygens (including phenoxy) is 2. The summed E-state index contributed by atoms with van der Waals surface area (Å²) < 4.78 is 12.6. The summed E-state index contributed by atoms with van der Waals surface area (Å²) in [4.78, 5) is 7.23. The van der Waals surface area contributed by atoms with E-state index in [4.69, 9.17) is 9.47 Å². The number of rotatable bonds is 6. The second-order valence-electron chi connectivity index (χ2n) is 9.76. The summed E-state index contributed by atoms with van der Waals surface area (Å²) in [7, 11) is 0. The van der Waals surface area contributed by atoms with Gasteiger partial charge in [-0.05, 0) is 69.1 Å². The van der Waals surface area contributed by atoms with Gasteiger partial charge in [0.05, 0.1) is 23.6 Å². The van der Waals surface area contributed by atoms with Crippen LogP contribution in [-0.2, 0) is 4.74 Å². The van der Waals surface area contributed by atoms with Gasteiger partial charge in [-0.3, -0.25) is 4.99 Å². The molecule has 1 N–H and O–H groups in total. The molecule has 6 heteroatoms. The normalized spacial score (nSPS) is 26.5. The number of piperidine rings is 1. The van der Waals surface area contributed by atoms with Crippen LogP contribution in [0.25, 0.3) is 0 Å². The Bertz CT molecular complexity index is 1080. The van der Waals surface area contributed by atoms with Crippen LogP contribution in [0.1, 0.15) is 55.8 Å². The van der Waals surface area contributed by atoms with Gasteiger partial charge in [-0.15, -0.1) is 0 Å². The van der Waals surface area contributed by atoms with Gasteiger partial charge in [0.1, 0.15) is 17.9 Å². The number of aliphatic imine (C=N–C) groups is 1. The van der Waals surface area contributed by atoms with Gasteiger partial charge in [-0.2, -0.15) is 5.26 Å². The SMILES string of the molecule is N#Cc1cc2c(cc1OCC1CCN(C3CC3)CC1)N=CCC2OC1=CC=C2NC=CC2C1. The summed E-state index contributed by atoms with van der Waals surface area (Å²) in [6, 6.07) is 7.03. The molecule has 2 fully saturated rings. The van der Waals surface area contributed by atoms with Crippen molar-refractivity contribution < 1.29 is 9.47 Å². The van der Waals surface area contributed by atoms with Crippen LogP contribution in [0.5, 0.6) is 5.75 Å². The minimum absolute atomic E-state index is 0.134. The van der Waals surface area contributed by atoms with Gasteiger partial charge in [-0.25, -0.2) is 0 Å². The van der Waals surface area contributed by atoms with Gasteiger partial charge in [0.25, 0.3) is 0 Å². The quantitative estimate of drug-likeness (QED) is 0.680. The van der Waals surface area contributed by atoms with E-state index < -0.39 is 0 Å². The summed E-state index contributed by atoms with van der Waals surface area (Å²) in [6.45, 7) is 3.02. The fourth-order valence-corrected chi connectivity index (χ4v) is 5.34. The molecule has 170 valence electrons. The van der Waals surface area contributed by atoms with Crippen molar-refractivity contribution in [3.63, 3.8) is 0 Å². The molecule has 2 atom stereocenters. The monoisotopic (exact) mass is 442 g/mol. The molecule has 0 amide bonds. The van der Waals surface area contributed by atoms with Crippen molar-refractivity contribution >= 4 is 11.9 Å². The predicted molar refractivity (Wildman–Crippen MR) is 127 cm³/mol. The van der Waals surface area contributed by atoms with Crippen molar-refractivity contribution in [1.29, 1.82) is 5.26 Å². The molecule has 2 unspecified atom stereocenters. The highest BCUT2D eigenvalue weighted by atomic mass is 16.5. The average Bonchev–Trinajstić information content (AvgIpc) is 3.60. The van der Waals surface area contributed by atoms with Crippen LogP contribution in [0, 0.1) is 23.2 Å². The first-order chi connectivity index (χ1) is 16.3. The molecule has 6 nitrogen and oxygen atoms in total. The third-order valence-electron chi connectivity index (χ3n) is 7.47. The molecule has 0 spiro atoms. The maximum Gasteiger partial charge on any atom is 0.139 e. The molecule has 0 bridgehead atoms. The molecule has 3 aliphatic heterocycles. The molecule has 1 aromatic rings. The van der Waals surface area contributed by atoms with Gasteiger partial charge < -0.3 is 19.7 Å². The molecule has 1 saturated carbocycles. The Morgan fingerprint density at radius 2 is 2.03 bits per heavy atom. The van der Waals surface area contributed by atoms with Crippen molar-refractivity contribution in [1.82, 2.24) is 10.2 Å². The third kappa shape index (κ3) is 4.30. The average molecular weight is 443 g/mol. The van der Waals surface area contributed by atoms with Crippen LogP contribution < -0.4 is 10.1 Å². The number of allylic oxidation sites excluding steroid dienone is 4. The lowest BCUT2D eigenvalue weighted by atomic mass is 9.96. The van der Waals surface area contributed by atoms with Crippen LogP contribution in [0.4, 0.5) is 5.69 Å². The van der Waals surface area contributed by atoms with Crippen molar-refractivity contribution in [3.8, 4) is 11.8 Å². The lowest BCUT2D eigenvalue weighted by Gasteiger charge is -2.32. The van der Waals surface area contributed by atoms with Crippen LogP contribution in [0.3, 0.4) is 0 Å². The lowest BCUT2D eigenvalue weighted by Crippen LogP contribution is -2.36. The highest BCUT2D eigenvalue weighted by molar-refractivity contribution is 5.72. The lowest BCUT2D eigenvalue weighted by molar-refractivity contribution is 0.112. The van der Waals surface area contributed by atoms with Crippen molar-refractivity contribution in [2.75, 3.05) is 19.7 Å². The molecule has 33 heavy (non-hydrogen) atoms. The predicted octanol–water partition coefficient (Wildman–Crippen LogP) is 4.88. The maximum absolute atomic E-state index is 9.82. The molecule has 3 heterocycles. The maximum atomic E-state index is 9.82. The van der Waals surface area contributed by atoms with Crippen molar-refractivity contribution in [2.45, 2.75) is 50.7 Å². The fourth-order valence-electron chi connectivity index (χ4n) is 5.34. The Morgan fingerprint density at radius 3 is 2.85 bits per heavy atom. The largest absolute Gasteiger partial charge is 0.492 e. The minimum atomic E-state index is -0.134. The molecule has 0 aromatic heterocycles. The zero-order valence-electron chi connectivity index (χ0n) is 18.9. The van der Waals surface area contributed by atoms with Crippen LogP contribution in [-0.4, -0.2) is 36.9 Å². The summed E-state index contributed by atoms with van der Waals surface area (Å²) >= 11 is 0. The highest BCUT2D eigenvalue weighted by Crippen LogP contribution is 2.41. The molecule has 6 rings (SSSR count). The van der Waals surface area contributed by atoms with Gasteiger partial charge in [0.15, 0.2) is 0 Å². The number of nitriles is 1. The fraction of sp³-hybridized carbons (Fsp3) is 0.481. The third-order valence-corrected chi connectivity index (χ3v) is 7.47. The van der Waals surface area contributed by atoms with Gasteiger partial charge in [0.2, 0.25) is 0 Å². The van der Waals surface area contributed by atoms with E-state index in [-0.39, 0.29) is 6.10 Å². The van der Waals surface area contributed by atoms with Gasteiger partial charge >= 0.3 is 0 Å². The second-order valence-corrected chi connectivity index (χ2v) is 9.76. The summed E-state index contributed by atoms with van der Waals surface area (Å²) in [5.41, 5.74) is 3.60. The number of benzene rings is 1. The smallest absolute Gasteiger partial charge is 0.139 e. The van der Waals surface area contributed by atoms with Crippen LogP contribution in [0.15, 0.2) is 53.0 Å². The Morgan fingerprint density at radius 1 is 1.15 bits per heavy atom. The Labute approximate surface area is 195 Å². The molecule has 0 radical (unpaired) electrons. The van der Waals surface area contributed by atoms with Crippen molar-refractivity contribution in [3.05, 3.63) is 59.1 Å². The van der Waals surface area contributed by atoms with Crippen LogP contribution in [0.2, 0.25) is 0 Å². The topological polar surface area (TPSA) is 69.9 Å². The van der Waals surface area contributed by atoms with Crippen molar-refractivity contribution in [2.24, 2.45) is 16.8 Å². The molecule has 2 aliphatic carbocycles. The second kappa shape index (κ2) is 8.72. The molecule has 1 saturated heterocycles. The van der Waals surface area contributed by atoms with E-state index >= 15 is 0 Å². The summed E-state index contributed by atoms with van der Waals surface area (Å²) in [5.74, 6) is 2.53. The number of nitrogens with zero attached hydrogens (tertiary/aromatic N) is 3. The molecular weight excluding hydrogens is 412 g/mol. The number of hydrogen-bond acceptors (Lipinski definition) is 6. The number of hydrogen-bond donors (Lipinski definition) is 1. The first kappa shape index (κ1) is 20.6. The summed E-state index contributed by atoms with van der Waals surface area (Å²) in [6.07, 6.45) is 16.7. The number of fused-ring (bicyclic) bond motifs is 2. The van der Waals surface area contributed by atoms with Crippen LogP contribution >= 0.6 is 0 Å². The highest BCUT2D eigenvalue weighted by Gasteiger charge is 2.32. The van der Waals surface area contributed by atoms with E-state index in [2.05, 4.69) is 39.5 Å². The van der Waals surface area contributed by atoms with Gasteiger partial charge in [0, 0.05) is 48.3 Å². The van der Waals surface area contributed by atoms with E-state index in [0.29, 0.717) is 36.2 Å². The first-order valence-corrected chi connectivity index (χ1v) is 12.2. The van der Waals surface area contributed by atoms with E-state index in [1.54, 1.807) is 0 Å². The Balaban J connectivity index is 1.13. The molecule has 5 aliphatic rings. The number of likely N-dealkylation sites (tertiary alicyclic amines) is 1. The molecular formula is C27H30N4O2. The van der Waals surface area contributed by atoms with E-state index in [0.717, 1.165) is 29.5 Å².